The molecule has 0 bridgehead atoms. The van der Waals surface area contributed by atoms with Crippen LogP contribution in [0.1, 0.15) is 15.4 Å². The number of aromatic nitrogens is 1. The van der Waals surface area contributed by atoms with E-state index in [4.69, 9.17) is 4.42 Å². The smallest absolute Gasteiger partial charge is 0.407 e. The van der Waals surface area contributed by atoms with E-state index in [1.807, 2.05) is 0 Å². The van der Waals surface area contributed by atoms with E-state index in [2.05, 4.69) is 15.4 Å². The van der Waals surface area contributed by atoms with Gasteiger partial charge in [0.2, 0.25) is 0 Å². The van der Waals surface area contributed by atoms with Gasteiger partial charge in [-0.05, 0) is 12.1 Å². The van der Waals surface area contributed by atoms with Crippen LogP contribution in [0.5, 0.6) is 0 Å². The summed E-state index contributed by atoms with van der Waals surface area (Å²) in [5, 5.41) is 6.79. The molecule has 2 aromatic rings. The first-order valence-electron chi connectivity index (χ1n) is 6.41. The summed E-state index contributed by atoms with van der Waals surface area (Å²) in [6.45, 7) is -1.30. The van der Waals surface area contributed by atoms with Gasteiger partial charge < -0.3 is 4.42 Å². The summed E-state index contributed by atoms with van der Waals surface area (Å²) < 4.78 is 41.8. The van der Waals surface area contributed by atoms with Crippen LogP contribution >= 0.6 is 11.3 Å². The number of hydrogen-bond acceptors (Lipinski definition) is 7. The number of nitrogens with zero attached hydrogens (tertiary/aromatic N) is 3. The maximum Gasteiger partial charge on any atom is 0.407 e. The van der Waals surface area contributed by atoms with Crippen LogP contribution in [0.15, 0.2) is 34.1 Å². The van der Waals surface area contributed by atoms with Gasteiger partial charge in [0.25, 0.3) is 5.91 Å². The average Bonchev–Trinajstić information content (AvgIpc) is 3.14. The molecule has 2 rings (SSSR count). The number of carbonyl (C=O) groups excluding carboxylic acids is 2. The highest BCUT2D eigenvalue weighted by molar-refractivity contribution is 7.18. The van der Waals surface area contributed by atoms with Crippen LogP contribution in [0, 0.1) is 0 Å². The number of carbonyl (C=O) groups is 2. The Morgan fingerprint density at radius 1 is 1.54 bits per heavy atom. The molecular formula is C13H11F3N4O3S. The van der Waals surface area contributed by atoms with Crippen molar-refractivity contribution in [1.29, 1.82) is 0 Å². The summed E-state index contributed by atoms with van der Waals surface area (Å²) in [4.78, 5) is 26.9. The lowest BCUT2D eigenvalue weighted by Crippen LogP contribution is -2.28. The van der Waals surface area contributed by atoms with Gasteiger partial charge in [0.05, 0.1) is 11.1 Å². The van der Waals surface area contributed by atoms with Crippen molar-refractivity contribution in [2.24, 2.45) is 5.10 Å². The Kier molecular flexibility index (Phi) is 5.34. The van der Waals surface area contributed by atoms with Crippen LogP contribution in [-0.2, 0) is 4.79 Å². The van der Waals surface area contributed by atoms with Gasteiger partial charge in [-0.25, -0.2) is 4.98 Å². The number of thiazole rings is 1. The predicted molar refractivity (Wildman–Crippen MR) is 80.1 cm³/mol. The fourth-order valence-corrected chi connectivity index (χ4v) is 2.38. The SMILES string of the molecule is CN(CC(F)(F)F)/N=C(/C=O)c1cnc(NC(=O)c2ccco2)s1. The Hall–Kier alpha value is -2.69. The number of hydrazone groups is 1. The molecule has 24 heavy (non-hydrogen) atoms. The lowest BCUT2D eigenvalue weighted by atomic mass is 10.4. The highest BCUT2D eigenvalue weighted by atomic mass is 32.1. The normalized spacial score (nSPS) is 12.1. The van der Waals surface area contributed by atoms with Gasteiger partial charge in [0.1, 0.15) is 12.3 Å². The Morgan fingerprint density at radius 2 is 2.29 bits per heavy atom. The van der Waals surface area contributed by atoms with Crippen molar-refractivity contribution in [3.8, 4) is 0 Å². The summed E-state index contributed by atoms with van der Waals surface area (Å²) in [7, 11) is 1.09. The van der Waals surface area contributed by atoms with Crippen LogP contribution in [0.2, 0.25) is 0 Å². The van der Waals surface area contributed by atoms with Crippen LogP contribution in [0.3, 0.4) is 0 Å². The Bertz CT molecular complexity index is 740. The fourth-order valence-electron chi connectivity index (χ4n) is 1.63. The first-order chi connectivity index (χ1) is 11.3. The van der Waals surface area contributed by atoms with Gasteiger partial charge in [-0.15, -0.1) is 0 Å². The molecule has 0 fully saturated rings. The summed E-state index contributed by atoms with van der Waals surface area (Å²) in [6.07, 6.45) is -1.56. The second-order valence-corrected chi connectivity index (χ2v) is 5.53. The minimum atomic E-state index is -4.44. The zero-order chi connectivity index (χ0) is 17.7. The number of furan rings is 1. The molecule has 7 nitrogen and oxygen atoms in total. The average molecular weight is 360 g/mol. The highest BCUT2D eigenvalue weighted by Gasteiger charge is 2.29. The van der Waals surface area contributed by atoms with E-state index < -0.39 is 18.6 Å². The fraction of sp³-hybridized carbons (Fsp3) is 0.231. The molecule has 1 amide bonds. The quantitative estimate of drug-likeness (QED) is 0.485. The number of nitrogens with one attached hydrogen (secondary N) is 1. The van der Waals surface area contributed by atoms with Gasteiger partial charge in [-0.2, -0.15) is 18.3 Å². The van der Waals surface area contributed by atoms with E-state index in [1.165, 1.54) is 24.6 Å². The number of amides is 1. The Balaban J connectivity index is 2.09. The van der Waals surface area contributed by atoms with Gasteiger partial charge in [0, 0.05) is 13.2 Å². The summed E-state index contributed by atoms with van der Waals surface area (Å²) in [5.41, 5.74) is -0.224. The van der Waals surface area contributed by atoms with E-state index in [-0.39, 0.29) is 21.5 Å². The monoisotopic (exact) mass is 360 g/mol. The van der Waals surface area contributed by atoms with Crippen molar-refractivity contribution in [3.05, 3.63) is 35.2 Å². The lowest BCUT2D eigenvalue weighted by molar-refractivity contribution is -0.143. The van der Waals surface area contributed by atoms with E-state index in [0.29, 0.717) is 11.3 Å². The topological polar surface area (TPSA) is 87.8 Å². The number of alkyl halides is 3. The van der Waals surface area contributed by atoms with Gasteiger partial charge in [-0.1, -0.05) is 11.3 Å². The molecule has 0 unspecified atom stereocenters. The van der Waals surface area contributed by atoms with Crippen LogP contribution in [0.25, 0.3) is 0 Å². The van der Waals surface area contributed by atoms with Crippen molar-refractivity contribution in [1.82, 2.24) is 9.99 Å². The second-order valence-electron chi connectivity index (χ2n) is 4.50. The number of halogens is 3. The lowest BCUT2D eigenvalue weighted by Gasteiger charge is -2.15. The molecular weight excluding hydrogens is 349 g/mol. The standard InChI is InChI=1S/C13H11F3N4O3S/c1-20(7-13(14,15)16)19-8(6-21)10-5-17-12(24-10)18-11(22)9-3-2-4-23-9/h2-6H,7H2,1H3,(H,17,18,22)/b19-8-. The molecule has 0 spiro atoms. The van der Waals surface area contributed by atoms with E-state index >= 15 is 0 Å². The van der Waals surface area contributed by atoms with Crippen molar-refractivity contribution in [2.75, 3.05) is 18.9 Å². The number of aldehydes is 1. The Labute approximate surface area is 137 Å². The van der Waals surface area contributed by atoms with Crippen molar-refractivity contribution >= 4 is 34.4 Å². The molecule has 2 aromatic heterocycles. The van der Waals surface area contributed by atoms with Crippen molar-refractivity contribution in [2.45, 2.75) is 6.18 Å². The molecule has 0 saturated carbocycles. The molecule has 11 heteroatoms. The zero-order valence-corrected chi connectivity index (χ0v) is 13.0. The minimum Gasteiger partial charge on any atom is -0.459 e. The summed E-state index contributed by atoms with van der Waals surface area (Å²) in [6, 6.07) is 2.99. The highest BCUT2D eigenvalue weighted by Crippen LogP contribution is 2.20. The van der Waals surface area contributed by atoms with Crippen LogP contribution < -0.4 is 5.32 Å². The third kappa shape index (κ3) is 4.91. The number of rotatable bonds is 6. The van der Waals surface area contributed by atoms with Crippen molar-refractivity contribution < 1.29 is 27.2 Å². The Morgan fingerprint density at radius 3 is 2.88 bits per heavy atom. The van der Waals surface area contributed by atoms with Gasteiger partial charge in [0.15, 0.2) is 17.2 Å². The molecule has 0 aliphatic carbocycles. The minimum absolute atomic E-state index is 0.0703. The van der Waals surface area contributed by atoms with Gasteiger partial charge >= 0.3 is 6.18 Å². The third-order valence-electron chi connectivity index (χ3n) is 2.52. The maximum absolute atomic E-state index is 12.3. The summed E-state index contributed by atoms with van der Waals surface area (Å²) in [5.74, 6) is -0.472. The maximum atomic E-state index is 12.3. The molecule has 0 radical (unpaired) electrons. The first kappa shape index (κ1) is 17.7. The molecule has 1 N–H and O–H groups in total. The number of hydrogen-bond donors (Lipinski definition) is 1. The summed E-state index contributed by atoms with van der Waals surface area (Å²) >= 11 is 0.896. The second kappa shape index (κ2) is 7.25. The largest absolute Gasteiger partial charge is 0.459 e. The molecule has 0 saturated heterocycles. The molecule has 2 heterocycles. The van der Waals surface area contributed by atoms with Crippen LogP contribution in [-0.4, -0.2) is 47.7 Å². The molecule has 0 atom stereocenters. The third-order valence-corrected chi connectivity index (χ3v) is 3.46. The zero-order valence-electron chi connectivity index (χ0n) is 12.2. The predicted octanol–water partition coefficient (Wildman–Crippen LogP) is 2.39. The molecule has 0 aliphatic rings. The van der Waals surface area contributed by atoms with Gasteiger partial charge in [-0.3, -0.25) is 19.9 Å². The first-order valence-corrected chi connectivity index (χ1v) is 7.23. The van der Waals surface area contributed by atoms with E-state index in [0.717, 1.165) is 18.4 Å². The van der Waals surface area contributed by atoms with Crippen molar-refractivity contribution in [3.63, 3.8) is 0 Å². The van der Waals surface area contributed by atoms with E-state index in [9.17, 15) is 22.8 Å². The van der Waals surface area contributed by atoms with E-state index in [1.54, 1.807) is 0 Å². The molecule has 0 aromatic carbocycles. The number of anilines is 1. The van der Waals surface area contributed by atoms with Crippen LogP contribution in [0.4, 0.5) is 18.3 Å². The molecule has 0 aliphatic heterocycles. The molecule has 128 valence electrons.